The van der Waals surface area contributed by atoms with Crippen LogP contribution in [0.2, 0.25) is 0 Å². The molecular weight excluding hydrogens is 244 g/mol. The van der Waals surface area contributed by atoms with Gasteiger partial charge in [-0.3, -0.25) is 4.90 Å². The highest BCUT2D eigenvalue weighted by Gasteiger charge is 2.51. The molecule has 0 aromatic carbocycles. The number of nitrogens with one attached hydrogen (secondary N) is 1. The number of piperazine rings is 1. The van der Waals surface area contributed by atoms with Gasteiger partial charge < -0.3 is 5.32 Å². The van der Waals surface area contributed by atoms with Gasteiger partial charge in [0.25, 0.3) is 0 Å². The van der Waals surface area contributed by atoms with Crippen LogP contribution in [0.4, 0.5) is 0 Å². The normalized spacial score (nSPS) is 34.2. The highest BCUT2D eigenvalue weighted by atomic mass is 15.3. The Morgan fingerprint density at radius 3 is 2.10 bits per heavy atom. The van der Waals surface area contributed by atoms with Gasteiger partial charge in [-0.2, -0.15) is 0 Å². The highest BCUT2D eigenvalue weighted by Crippen LogP contribution is 2.45. The zero-order valence-corrected chi connectivity index (χ0v) is 13.1. The Labute approximate surface area is 124 Å². The van der Waals surface area contributed by atoms with E-state index < -0.39 is 0 Å². The second kappa shape index (κ2) is 5.28. The summed E-state index contributed by atoms with van der Waals surface area (Å²) in [6.07, 6.45) is 19.1. The van der Waals surface area contributed by atoms with E-state index in [1.54, 1.807) is 0 Å². The van der Waals surface area contributed by atoms with Gasteiger partial charge >= 0.3 is 0 Å². The monoisotopic (exact) mass is 276 g/mol. The van der Waals surface area contributed by atoms with E-state index in [1.807, 2.05) is 0 Å². The standard InChI is InChI=1S/C18H32N2/c1-2-8-16(9-3-1)20-15-17(10-4-5-11-17)19-14-18(20)12-6-7-13-18/h16,19H,1-15H2. The van der Waals surface area contributed by atoms with Crippen LogP contribution < -0.4 is 5.32 Å². The van der Waals surface area contributed by atoms with Gasteiger partial charge in [0.05, 0.1) is 0 Å². The largest absolute Gasteiger partial charge is 0.308 e. The lowest BCUT2D eigenvalue weighted by Gasteiger charge is -2.56. The fourth-order valence-corrected chi connectivity index (χ4v) is 5.80. The van der Waals surface area contributed by atoms with E-state index in [-0.39, 0.29) is 0 Å². The predicted octanol–water partition coefficient (Wildman–Crippen LogP) is 3.85. The van der Waals surface area contributed by atoms with Crippen LogP contribution in [0.15, 0.2) is 0 Å². The lowest BCUT2D eigenvalue weighted by molar-refractivity contribution is -0.0335. The second-order valence-electron chi connectivity index (χ2n) is 8.19. The Bertz CT molecular complexity index is 333. The van der Waals surface area contributed by atoms with Crippen molar-refractivity contribution in [3.05, 3.63) is 0 Å². The molecule has 0 aromatic rings. The van der Waals surface area contributed by atoms with Crippen molar-refractivity contribution in [2.45, 2.75) is 101 Å². The lowest BCUT2D eigenvalue weighted by Crippen LogP contribution is -2.70. The molecule has 114 valence electrons. The van der Waals surface area contributed by atoms with Crippen molar-refractivity contribution in [2.75, 3.05) is 13.1 Å². The molecule has 0 aromatic heterocycles. The zero-order chi connectivity index (χ0) is 13.5. The van der Waals surface area contributed by atoms with Crippen LogP contribution in [-0.4, -0.2) is 35.1 Å². The molecule has 2 spiro atoms. The van der Waals surface area contributed by atoms with E-state index in [2.05, 4.69) is 10.2 Å². The summed E-state index contributed by atoms with van der Waals surface area (Å²) in [5, 5.41) is 4.05. The summed E-state index contributed by atoms with van der Waals surface area (Å²) >= 11 is 0. The van der Waals surface area contributed by atoms with Gasteiger partial charge in [-0.25, -0.2) is 0 Å². The van der Waals surface area contributed by atoms with Crippen molar-refractivity contribution in [3.8, 4) is 0 Å². The molecule has 1 saturated heterocycles. The average molecular weight is 276 g/mol. The number of nitrogens with zero attached hydrogens (tertiary/aromatic N) is 1. The molecule has 1 heterocycles. The first-order valence-corrected chi connectivity index (χ1v) is 9.34. The third-order valence-electron chi connectivity index (χ3n) is 6.99. The lowest BCUT2D eigenvalue weighted by atomic mass is 9.80. The van der Waals surface area contributed by atoms with E-state index in [0.717, 1.165) is 6.04 Å². The molecule has 1 aliphatic heterocycles. The van der Waals surface area contributed by atoms with E-state index in [0.29, 0.717) is 11.1 Å². The van der Waals surface area contributed by atoms with Gasteiger partial charge in [-0.1, -0.05) is 44.9 Å². The molecule has 0 radical (unpaired) electrons. The molecule has 3 aliphatic carbocycles. The van der Waals surface area contributed by atoms with Crippen molar-refractivity contribution < 1.29 is 0 Å². The van der Waals surface area contributed by atoms with Crippen molar-refractivity contribution in [1.29, 1.82) is 0 Å². The fraction of sp³-hybridized carbons (Fsp3) is 1.00. The summed E-state index contributed by atoms with van der Waals surface area (Å²) in [7, 11) is 0. The molecule has 0 amide bonds. The first-order chi connectivity index (χ1) is 9.82. The first kappa shape index (κ1) is 13.6. The van der Waals surface area contributed by atoms with Gasteiger partial charge in [0.15, 0.2) is 0 Å². The Balaban J connectivity index is 1.57. The van der Waals surface area contributed by atoms with Gasteiger partial charge in [-0.15, -0.1) is 0 Å². The zero-order valence-electron chi connectivity index (χ0n) is 13.1. The van der Waals surface area contributed by atoms with Crippen molar-refractivity contribution in [2.24, 2.45) is 0 Å². The molecule has 4 rings (SSSR count). The molecule has 4 aliphatic rings. The maximum Gasteiger partial charge on any atom is 0.0337 e. The number of rotatable bonds is 1. The van der Waals surface area contributed by atoms with E-state index >= 15 is 0 Å². The van der Waals surface area contributed by atoms with Crippen molar-refractivity contribution in [3.63, 3.8) is 0 Å². The molecule has 4 fully saturated rings. The minimum Gasteiger partial charge on any atom is -0.308 e. The summed E-state index contributed by atoms with van der Waals surface area (Å²) in [6.45, 7) is 2.67. The SMILES string of the molecule is C1CCC(N2CC3(CCCC3)NCC23CCCC3)CC1. The molecule has 1 N–H and O–H groups in total. The molecule has 0 unspecified atom stereocenters. The van der Waals surface area contributed by atoms with E-state index in [4.69, 9.17) is 0 Å². The molecule has 0 atom stereocenters. The quantitative estimate of drug-likeness (QED) is 0.782. The van der Waals surface area contributed by atoms with Crippen LogP contribution in [-0.2, 0) is 0 Å². The first-order valence-electron chi connectivity index (χ1n) is 9.34. The van der Waals surface area contributed by atoms with Crippen LogP contribution in [0.5, 0.6) is 0 Å². The molecule has 3 saturated carbocycles. The van der Waals surface area contributed by atoms with Crippen LogP contribution >= 0.6 is 0 Å². The summed E-state index contributed by atoms with van der Waals surface area (Å²) in [5.74, 6) is 0. The minimum absolute atomic E-state index is 0.505. The summed E-state index contributed by atoms with van der Waals surface area (Å²) < 4.78 is 0. The van der Waals surface area contributed by atoms with E-state index in [9.17, 15) is 0 Å². The fourth-order valence-electron chi connectivity index (χ4n) is 5.80. The van der Waals surface area contributed by atoms with E-state index in [1.165, 1.54) is 96.6 Å². The van der Waals surface area contributed by atoms with Crippen molar-refractivity contribution >= 4 is 0 Å². The van der Waals surface area contributed by atoms with Gasteiger partial charge in [0.1, 0.15) is 0 Å². The topological polar surface area (TPSA) is 15.3 Å². The molecule has 20 heavy (non-hydrogen) atoms. The van der Waals surface area contributed by atoms with Crippen LogP contribution in [0.3, 0.4) is 0 Å². The second-order valence-corrected chi connectivity index (χ2v) is 8.19. The molecular formula is C18H32N2. The Hall–Kier alpha value is -0.0800. The average Bonchev–Trinajstić information content (AvgIpc) is 3.14. The smallest absolute Gasteiger partial charge is 0.0337 e. The molecule has 2 heteroatoms. The minimum atomic E-state index is 0.505. The maximum atomic E-state index is 4.05. The van der Waals surface area contributed by atoms with Crippen LogP contribution in [0.25, 0.3) is 0 Å². The Morgan fingerprint density at radius 2 is 1.40 bits per heavy atom. The van der Waals surface area contributed by atoms with Gasteiger partial charge in [-0.05, 0) is 38.5 Å². The maximum absolute atomic E-state index is 4.05. The molecule has 0 bridgehead atoms. The Morgan fingerprint density at radius 1 is 0.750 bits per heavy atom. The van der Waals surface area contributed by atoms with Crippen LogP contribution in [0, 0.1) is 0 Å². The van der Waals surface area contributed by atoms with Crippen LogP contribution in [0.1, 0.15) is 83.5 Å². The number of hydrogen-bond acceptors (Lipinski definition) is 2. The molecule has 2 nitrogen and oxygen atoms in total. The summed E-state index contributed by atoms with van der Waals surface area (Å²) in [6, 6.07) is 0.918. The Kier molecular flexibility index (Phi) is 3.58. The third kappa shape index (κ3) is 2.23. The summed E-state index contributed by atoms with van der Waals surface area (Å²) in [4.78, 5) is 3.06. The summed E-state index contributed by atoms with van der Waals surface area (Å²) in [5.41, 5.74) is 1.06. The predicted molar refractivity (Wildman–Crippen MR) is 84.0 cm³/mol. The van der Waals surface area contributed by atoms with Gasteiger partial charge in [0.2, 0.25) is 0 Å². The number of hydrogen-bond donors (Lipinski definition) is 1. The third-order valence-corrected chi connectivity index (χ3v) is 6.99. The van der Waals surface area contributed by atoms with Gasteiger partial charge in [0, 0.05) is 30.2 Å². The van der Waals surface area contributed by atoms with Crippen molar-refractivity contribution in [1.82, 2.24) is 10.2 Å². The highest BCUT2D eigenvalue weighted by molar-refractivity contribution is 5.10.